The number of hydrogen-bond acceptors (Lipinski definition) is 2. The Balaban J connectivity index is 2.50. The summed E-state index contributed by atoms with van der Waals surface area (Å²) in [5.41, 5.74) is 1.03. The zero-order chi connectivity index (χ0) is 12.7. The van der Waals surface area contributed by atoms with E-state index < -0.39 is 0 Å². The Bertz CT molecular complexity index is 416. The lowest BCUT2D eigenvalue weighted by Crippen LogP contribution is -2.20. The molecule has 1 aromatic rings. The number of carbonyl (C=O) groups is 1. The number of aliphatic hydroxyl groups is 1. The van der Waals surface area contributed by atoms with Crippen LogP contribution in [-0.2, 0) is 11.4 Å². The van der Waals surface area contributed by atoms with Crippen LogP contribution in [0.3, 0.4) is 0 Å². The number of benzene rings is 1. The van der Waals surface area contributed by atoms with E-state index in [1.165, 1.54) is 13.0 Å². The minimum Gasteiger partial charge on any atom is -0.392 e. The summed E-state index contributed by atoms with van der Waals surface area (Å²) in [6, 6.07) is 4.61. The molecule has 0 spiro atoms. The summed E-state index contributed by atoms with van der Waals surface area (Å²) in [7, 11) is 0. The molecule has 17 heavy (non-hydrogen) atoms. The fraction of sp³-hybridized carbons (Fsp3) is 0.308. The van der Waals surface area contributed by atoms with E-state index in [9.17, 15) is 9.18 Å². The first-order chi connectivity index (χ1) is 8.13. The molecule has 1 aromatic carbocycles. The van der Waals surface area contributed by atoms with Crippen molar-refractivity contribution in [3.05, 3.63) is 41.2 Å². The lowest BCUT2D eigenvalue weighted by Gasteiger charge is -2.00. The number of aliphatic hydroxyl groups excluding tert-OH is 1. The van der Waals surface area contributed by atoms with Crippen molar-refractivity contribution >= 4 is 12.0 Å². The summed E-state index contributed by atoms with van der Waals surface area (Å²) in [4.78, 5) is 10.6. The van der Waals surface area contributed by atoms with E-state index in [0.29, 0.717) is 24.1 Å². The van der Waals surface area contributed by atoms with E-state index in [4.69, 9.17) is 5.11 Å². The van der Waals surface area contributed by atoms with Gasteiger partial charge in [-0.15, -0.1) is 0 Å². The molecule has 2 N–H and O–H groups in total. The average molecular weight is 237 g/mol. The zero-order valence-electron chi connectivity index (χ0n) is 9.74. The maximum Gasteiger partial charge on any atom is 0.216 e. The first kappa shape index (κ1) is 13.4. The van der Waals surface area contributed by atoms with Gasteiger partial charge < -0.3 is 10.4 Å². The summed E-state index contributed by atoms with van der Waals surface area (Å²) in [6.07, 6.45) is 4.12. The molecule has 0 heterocycles. The monoisotopic (exact) mass is 237 g/mol. The van der Waals surface area contributed by atoms with Crippen LogP contribution in [0.4, 0.5) is 4.39 Å². The number of hydrogen-bond donors (Lipinski definition) is 2. The van der Waals surface area contributed by atoms with Crippen LogP contribution in [-0.4, -0.2) is 17.6 Å². The average Bonchev–Trinajstić information content (AvgIpc) is 2.30. The maximum absolute atomic E-state index is 13.4. The smallest absolute Gasteiger partial charge is 0.216 e. The Labute approximate surface area is 100.0 Å². The highest BCUT2D eigenvalue weighted by molar-refractivity contribution is 5.72. The molecular weight excluding hydrogens is 221 g/mol. The van der Waals surface area contributed by atoms with Gasteiger partial charge in [0, 0.05) is 19.0 Å². The summed E-state index contributed by atoms with van der Waals surface area (Å²) in [6.45, 7) is 1.84. The van der Waals surface area contributed by atoms with Gasteiger partial charge >= 0.3 is 0 Å². The Hall–Kier alpha value is -1.68. The molecule has 3 nitrogen and oxygen atoms in total. The molecule has 0 atom stereocenters. The van der Waals surface area contributed by atoms with Gasteiger partial charge in [-0.1, -0.05) is 24.3 Å². The predicted molar refractivity (Wildman–Crippen MR) is 64.7 cm³/mol. The maximum atomic E-state index is 13.4. The second kappa shape index (κ2) is 6.81. The van der Waals surface area contributed by atoms with Crippen LogP contribution >= 0.6 is 0 Å². The first-order valence-corrected chi connectivity index (χ1v) is 5.43. The van der Waals surface area contributed by atoms with Crippen LogP contribution in [0, 0.1) is 5.82 Å². The lowest BCUT2D eigenvalue weighted by atomic mass is 10.1. The molecule has 0 saturated heterocycles. The van der Waals surface area contributed by atoms with Gasteiger partial charge in [-0.05, 0) is 18.1 Å². The zero-order valence-corrected chi connectivity index (χ0v) is 9.74. The number of halogens is 1. The van der Waals surface area contributed by atoms with Gasteiger partial charge in [0.25, 0.3) is 0 Å². The number of rotatable bonds is 5. The van der Waals surface area contributed by atoms with E-state index in [-0.39, 0.29) is 18.3 Å². The van der Waals surface area contributed by atoms with E-state index in [0.717, 1.165) is 0 Å². The third kappa shape index (κ3) is 4.78. The second-order valence-corrected chi connectivity index (χ2v) is 3.69. The quantitative estimate of drug-likeness (QED) is 0.768. The molecule has 0 saturated carbocycles. The molecule has 0 aliphatic carbocycles. The summed E-state index contributed by atoms with van der Waals surface area (Å²) in [5, 5.41) is 11.5. The van der Waals surface area contributed by atoms with Crippen molar-refractivity contribution in [1.82, 2.24) is 5.32 Å². The van der Waals surface area contributed by atoms with Gasteiger partial charge in [-0.25, -0.2) is 4.39 Å². The van der Waals surface area contributed by atoms with Crippen molar-refractivity contribution in [1.29, 1.82) is 0 Å². The van der Waals surface area contributed by atoms with E-state index in [1.807, 2.05) is 0 Å². The van der Waals surface area contributed by atoms with Crippen molar-refractivity contribution < 1.29 is 14.3 Å². The van der Waals surface area contributed by atoms with Crippen LogP contribution in [0.1, 0.15) is 24.5 Å². The molecular formula is C13H16FNO2. The van der Waals surface area contributed by atoms with E-state index in [2.05, 4.69) is 5.32 Å². The lowest BCUT2D eigenvalue weighted by molar-refractivity contribution is -0.118. The van der Waals surface area contributed by atoms with Gasteiger partial charge in [-0.2, -0.15) is 0 Å². The fourth-order valence-electron chi connectivity index (χ4n) is 1.35. The highest BCUT2D eigenvalue weighted by Gasteiger charge is 1.99. The summed E-state index contributed by atoms with van der Waals surface area (Å²) < 4.78 is 13.4. The van der Waals surface area contributed by atoms with Gasteiger partial charge in [0.05, 0.1) is 6.61 Å². The number of carbonyl (C=O) groups excluding carboxylic acids is 1. The third-order valence-electron chi connectivity index (χ3n) is 2.23. The molecule has 92 valence electrons. The number of amides is 1. The Morgan fingerprint density at radius 2 is 2.29 bits per heavy atom. The first-order valence-electron chi connectivity index (χ1n) is 5.43. The third-order valence-corrected chi connectivity index (χ3v) is 2.23. The molecule has 1 rings (SSSR count). The minimum atomic E-state index is -0.354. The van der Waals surface area contributed by atoms with Gasteiger partial charge in [0.1, 0.15) is 5.82 Å². The molecule has 0 aliphatic rings. The van der Waals surface area contributed by atoms with Crippen LogP contribution < -0.4 is 5.32 Å². The van der Waals surface area contributed by atoms with Crippen molar-refractivity contribution in [2.24, 2.45) is 0 Å². The standard InChI is InChI=1S/C13H16FNO2/c1-10(17)15-7-3-2-4-12-6-5-11(9-16)8-13(12)14/h2,4-6,8,16H,3,7,9H2,1H3,(H,15,17). The largest absolute Gasteiger partial charge is 0.392 e. The molecule has 1 amide bonds. The Kier molecular flexibility index (Phi) is 5.36. The molecule has 0 aromatic heterocycles. The predicted octanol–water partition coefficient (Wildman–Crippen LogP) is 1.86. The van der Waals surface area contributed by atoms with Crippen LogP contribution in [0.2, 0.25) is 0 Å². The van der Waals surface area contributed by atoms with Crippen molar-refractivity contribution in [2.75, 3.05) is 6.54 Å². The van der Waals surface area contributed by atoms with Crippen molar-refractivity contribution in [2.45, 2.75) is 20.0 Å². The second-order valence-electron chi connectivity index (χ2n) is 3.69. The summed E-state index contributed by atoms with van der Waals surface area (Å²) in [5.74, 6) is -0.427. The number of nitrogens with one attached hydrogen (secondary N) is 1. The van der Waals surface area contributed by atoms with Crippen LogP contribution in [0.5, 0.6) is 0 Å². The molecule has 0 bridgehead atoms. The highest BCUT2D eigenvalue weighted by Crippen LogP contribution is 2.12. The van der Waals surface area contributed by atoms with Crippen LogP contribution in [0.15, 0.2) is 24.3 Å². The van der Waals surface area contributed by atoms with Gasteiger partial charge in [0.2, 0.25) is 5.91 Å². The highest BCUT2D eigenvalue weighted by atomic mass is 19.1. The molecule has 0 unspecified atom stereocenters. The Morgan fingerprint density at radius 1 is 1.53 bits per heavy atom. The molecule has 0 aliphatic heterocycles. The molecule has 0 fully saturated rings. The minimum absolute atomic E-state index is 0.0723. The summed E-state index contributed by atoms with van der Waals surface area (Å²) >= 11 is 0. The Morgan fingerprint density at radius 3 is 2.88 bits per heavy atom. The van der Waals surface area contributed by atoms with E-state index >= 15 is 0 Å². The van der Waals surface area contributed by atoms with Gasteiger partial charge in [-0.3, -0.25) is 4.79 Å². The van der Waals surface area contributed by atoms with E-state index in [1.54, 1.807) is 24.3 Å². The normalized spacial score (nSPS) is 10.8. The van der Waals surface area contributed by atoms with Crippen molar-refractivity contribution in [3.63, 3.8) is 0 Å². The van der Waals surface area contributed by atoms with Crippen molar-refractivity contribution in [3.8, 4) is 0 Å². The van der Waals surface area contributed by atoms with Crippen LogP contribution in [0.25, 0.3) is 6.08 Å². The molecule has 0 radical (unpaired) electrons. The topological polar surface area (TPSA) is 49.3 Å². The SMILES string of the molecule is CC(=O)NCCC=Cc1ccc(CO)cc1F. The van der Waals surface area contributed by atoms with Gasteiger partial charge in [0.15, 0.2) is 0 Å². The fourth-order valence-corrected chi connectivity index (χ4v) is 1.35. The molecule has 4 heteroatoms.